The molecule has 0 amide bonds. The fraction of sp³-hybridized carbons (Fsp3) is 0.417. The summed E-state index contributed by atoms with van der Waals surface area (Å²) in [6.07, 6.45) is -2.37. The Balaban J connectivity index is 1.86. The van der Waals surface area contributed by atoms with Gasteiger partial charge in [0.15, 0.2) is 12.1 Å². The summed E-state index contributed by atoms with van der Waals surface area (Å²) in [5.74, 6) is -0.625. The number of benzene rings is 2. The molecular weight excluding hydrogens is 400 g/mol. The van der Waals surface area contributed by atoms with Crippen molar-refractivity contribution in [2.24, 2.45) is 0 Å². The molecule has 0 radical (unpaired) electrons. The summed E-state index contributed by atoms with van der Waals surface area (Å²) >= 11 is 0. The summed E-state index contributed by atoms with van der Waals surface area (Å²) in [6.45, 7) is 4.79. The Morgan fingerprint density at radius 3 is 2.52 bits per heavy atom. The highest BCUT2D eigenvalue weighted by molar-refractivity contribution is 6.01. The Hall–Kier alpha value is -2.90. The van der Waals surface area contributed by atoms with E-state index in [9.17, 15) is 14.7 Å². The van der Waals surface area contributed by atoms with Gasteiger partial charge in [0.1, 0.15) is 29.3 Å². The minimum atomic E-state index is -1.28. The van der Waals surface area contributed by atoms with Gasteiger partial charge in [-0.25, -0.2) is 0 Å². The fourth-order valence-corrected chi connectivity index (χ4v) is 4.46. The van der Waals surface area contributed by atoms with Crippen LogP contribution in [0.2, 0.25) is 0 Å². The van der Waals surface area contributed by atoms with Crippen LogP contribution in [0.15, 0.2) is 42.5 Å². The number of hydrogen-bond acceptors (Lipinski definition) is 7. The van der Waals surface area contributed by atoms with Crippen LogP contribution in [0.25, 0.3) is 0 Å². The maximum atomic E-state index is 13.0. The van der Waals surface area contributed by atoms with Gasteiger partial charge >= 0.3 is 5.97 Å². The van der Waals surface area contributed by atoms with E-state index >= 15 is 0 Å². The Morgan fingerprint density at radius 2 is 1.87 bits per heavy atom. The summed E-state index contributed by atoms with van der Waals surface area (Å²) in [5.41, 5.74) is 0.774. The van der Waals surface area contributed by atoms with Crippen molar-refractivity contribution in [3.05, 3.63) is 59.2 Å². The van der Waals surface area contributed by atoms with Crippen LogP contribution in [0.5, 0.6) is 11.5 Å². The van der Waals surface area contributed by atoms with E-state index in [2.05, 4.69) is 0 Å². The average Bonchev–Trinajstić information content (AvgIpc) is 2.94. The summed E-state index contributed by atoms with van der Waals surface area (Å²) < 4.78 is 23.2. The number of ketones is 1. The molecule has 1 N–H and O–H groups in total. The van der Waals surface area contributed by atoms with Gasteiger partial charge in [0.25, 0.3) is 0 Å². The van der Waals surface area contributed by atoms with E-state index in [1.807, 2.05) is 30.3 Å². The molecule has 0 aromatic heterocycles. The van der Waals surface area contributed by atoms with Gasteiger partial charge in [-0.05, 0) is 31.5 Å². The van der Waals surface area contributed by atoms with Crippen LogP contribution < -0.4 is 9.47 Å². The van der Waals surface area contributed by atoms with Gasteiger partial charge in [0.2, 0.25) is 0 Å². The molecule has 0 aliphatic carbocycles. The number of hydrogen-bond donors (Lipinski definition) is 1. The van der Waals surface area contributed by atoms with Crippen LogP contribution in [0, 0.1) is 0 Å². The third-order valence-corrected chi connectivity index (χ3v) is 5.85. The Kier molecular flexibility index (Phi) is 5.49. The first kappa shape index (κ1) is 21.3. The molecule has 2 aromatic carbocycles. The van der Waals surface area contributed by atoms with Crippen LogP contribution in [0.4, 0.5) is 0 Å². The first-order chi connectivity index (χ1) is 14.7. The zero-order valence-corrected chi connectivity index (χ0v) is 18.0. The number of ether oxygens (including phenoxy) is 4. The minimum absolute atomic E-state index is 0.0734. The number of carbonyl (C=O) groups is 2. The number of fused-ring (bicyclic) bond motifs is 1. The summed E-state index contributed by atoms with van der Waals surface area (Å²) in [5, 5.41) is 10.8. The molecule has 4 atom stereocenters. The highest BCUT2D eigenvalue weighted by atomic mass is 16.7. The van der Waals surface area contributed by atoms with Crippen molar-refractivity contribution >= 4 is 11.8 Å². The smallest absolute Gasteiger partial charge is 0.303 e. The number of aliphatic hydroxyl groups excluding tert-OH is 1. The highest BCUT2D eigenvalue weighted by Gasteiger charge is 2.54. The van der Waals surface area contributed by atoms with Crippen LogP contribution in [0.1, 0.15) is 60.7 Å². The monoisotopic (exact) mass is 426 g/mol. The lowest BCUT2D eigenvalue weighted by Crippen LogP contribution is -2.38. The van der Waals surface area contributed by atoms with Crippen molar-refractivity contribution in [2.75, 3.05) is 7.11 Å². The van der Waals surface area contributed by atoms with Gasteiger partial charge in [-0.3, -0.25) is 9.59 Å². The lowest BCUT2D eigenvalue weighted by atomic mass is 9.83. The topological polar surface area (TPSA) is 91.3 Å². The third-order valence-electron chi connectivity index (χ3n) is 5.85. The predicted octanol–water partition coefficient (Wildman–Crippen LogP) is 3.54. The molecule has 1 unspecified atom stereocenters. The van der Waals surface area contributed by atoms with Gasteiger partial charge < -0.3 is 24.1 Å². The normalized spacial score (nSPS) is 26.7. The second kappa shape index (κ2) is 7.98. The van der Waals surface area contributed by atoms with Gasteiger partial charge in [0.05, 0.1) is 25.0 Å². The van der Waals surface area contributed by atoms with Crippen molar-refractivity contribution in [1.29, 1.82) is 0 Å². The Labute approximate surface area is 180 Å². The summed E-state index contributed by atoms with van der Waals surface area (Å²) in [6, 6.07) is 12.8. The largest absolute Gasteiger partial charge is 0.496 e. The molecule has 1 fully saturated rings. The Bertz CT molecular complexity index is 998. The quantitative estimate of drug-likeness (QED) is 0.748. The predicted molar refractivity (Wildman–Crippen MR) is 111 cm³/mol. The second-order valence-electron chi connectivity index (χ2n) is 8.37. The van der Waals surface area contributed by atoms with E-state index < -0.39 is 36.0 Å². The van der Waals surface area contributed by atoms with Crippen LogP contribution >= 0.6 is 0 Å². The van der Waals surface area contributed by atoms with Crippen LogP contribution in [-0.2, 0) is 14.3 Å². The zero-order valence-electron chi connectivity index (χ0n) is 18.0. The minimum Gasteiger partial charge on any atom is -0.496 e. The van der Waals surface area contributed by atoms with E-state index in [1.54, 1.807) is 26.0 Å². The molecule has 2 heterocycles. The summed E-state index contributed by atoms with van der Waals surface area (Å²) in [7, 11) is 1.50. The fourth-order valence-electron chi connectivity index (χ4n) is 4.46. The molecule has 1 saturated heterocycles. The van der Waals surface area contributed by atoms with E-state index in [0.717, 1.165) is 5.56 Å². The van der Waals surface area contributed by atoms with Crippen LogP contribution in [0.3, 0.4) is 0 Å². The number of aliphatic hydroxyl groups is 1. The van der Waals surface area contributed by atoms with E-state index in [0.29, 0.717) is 22.6 Å². The molecule has 4 rings (SSSR count). The molecule has 0 saturated carbocycles. The lowest BCUT2D eigenvalue weighted by Gasteiger charge is -2.32. The maximum Gasteiger partial charge on any atom is 0.303 e. The Morgan fingerprint density at radius 1 is 1.16 bits per heavy atom. The first-order valence-electron chi connectivity index (χ1n) is 10.2. The molecule has 2 aliphatic heterocycles. The highest BCUT2D eigenvalue weighted by Crippen LogP contribution is 2.51. The van der Waals surface area contributed by atoms with E-state index in [1.165, 1.54) is 14.0 Å². The standard InChI is InChI=1S/C24H26O7/c1-13(25)29-22-20(23(27)31-24(22,2)3)19-17(28-4)11-10-15-16(26)12-18(30-21(15)19)14-8-6-5-7-9-14/h5-11,18,20,22-23,27H,12H2,1-4H3/t18-,20+,22-,23?/m0/s1. The zero-order chi connectivity index (χ0) is 22.3. The van der Waals surface area contributed by atoms with Gasteiger partial charge in [-0.2, -0.15) is 0 Å². The van der Waals surface area contributed by atoms with Crippen molar-refractivity contribution < 1.29 is 33.6 Å². The molecule has 164 valence electrons. The van der Waals surface area contributed by atoms with Crippen molar-refractivity contribution in [2.45, 2.75) is 57.2 Å². The molecular formula is C24H26O7. The number of Topliss-reactive ketones (excluding diaryl/α,β-unsaturated/α-hetero) is 1. The molecule has 0 spiro atoms. The molecule has 7 nitrogen and oxygen atoms in total. The third kappa shape index (κ3) is 3.79. The van der Waals surface area contributed by atoms with Gasteiger partial charge in [-0.1, -0.05) is 30.3 Å². The van der Waals surface area contributed by atoms with E-state index in [-0.39, 0.29) is 12.2 Å². The maximum absolute atomic E-state index is 13.0. The average molecular weight is 426 g/mol. The van der Waals surface area contributed by atoms with Crippen molar-refractivity contribution in [1.82, 2.24) is 0 Å². The molecule has 31 heavy (non-hydrogen) atoms. The van der Waals surface area contributed by atoms with Gasteiger partial charge in [0, 0.05) is 12.5 Å². The SMILES string of the molecule is COc1ccc2c(c1[C@H]1C(O)OC(C)(C)[C@H]1OC(C)=O)O[C@H](c1ccccc1)CC2=O. The van der Waals surface area contributed by atoms with Gasteiger partial charge in [-0.15, -0.1) is 0 Å². The number of rotatable bonds is 4. The lowest BCUT2D eigenvalue weighted by molar-refractivity contribution is -0.160. The number of esters is 1. The molecule has 0 bridgehead atoms. The van der Waals surface area contributed by atoms with Crippen LogP contribution in [-0.4, -0.2) is 42.0 Å². The van der Waals surface area contributed by atoms with Crippen molar-refractivity contribution in [3.8, 4) is 11.5 Å². The number of carbonyl (C=O) groups excluding carboxylic acids is 2. The van der Waals surface area contributed by atoms with Crippen molar-refractivity contribution in [3.63, 3.8) is 0 Å². The molecule has 2 aliphatic rings. The number of methoxy groups -OCH3 is 1. The van der Waals surface area contributed by atoms with E-state index in [4.69, 9.17) is 18.9 Å². The second-order valence-corrected chi connectivity index (χ2v) is 8.37. The summed E-state index contributed by atoms with van der Waals surface area (Å²) in [4.78, 5) is 24.8. The molecule has 7 heteroatoms. The first-order valence-corrected chi connectivity index (χ1v) is 10.2. The molecule has 2 aromatic rings.